The van der Waals surface area contributed by atoms with Gasteiger partial charge in [-0.05, 0) is 43.7 Å². The third-order valence-electron chi connectivity index (χ3n) is 5.99. The van der Waals surface area contributed by atoms with Crippen LogP contribution in [0, 0.1) is 13.8 Å². The monoisotopic (exact) mass is 413 g/mol. The number of pyridine rings is 2. The van der Waals surface area contributed by atoms with E-state index in [-0.39, 0.29) is 0 Å². The Kier molecular flexibility index (Phi) is 5.35. The summed E-state index contributed by atoms with van der Waals surface area (Å²) in [6.07, 6.45) is 3.73. The molecule has 0 atom stereocenters. The normalized spacial score (nSPS) is 10.8. The summed E-state index contributed by atoms with van der Waals surface area (Å²) in [5.41, 5.74) is 10.9. The molecule has 0 spiro atoms. The summed E-state index contributed by atoms with van der Waals surface area (Å²) in [5.74, 6) is 0. The van der Waals surface area contributed by atoms with Gasteiger partial charge < -0.3 is 0 Å². The molecule has 0 aliphatic heterocycles. The highest BCUT2D eigenvalue weighted by Crippen LogP contribution is 2.37. The Morgan fingerprint density at radius 2 is 0.906 bits per heavy atom. The first kappa shape index (κ1) is 19.9. The summed E-state index contributed by atoms with van der Waals surface area (Å²) in [7, 11) is 0. The molecule has 154 valence electrons. The van der Waals surface area contributed by atoms with Crippen molar-refractivity contribution in [2.45, 2.75) is 13.8 Å². The van der Waals surface area contributed by atoms with Crippen molar-refractivity contribution in [2.75, 3.05) is 0 Å². The summed E-state index contributed by atoms with van der Waals surface area (Å²) < 4.78 is 2.39. The van der Waals surface area contributed by atoms with E-state index in [0.717, 1.165) is 5.69 Å². The van der Waals surface area contributed by atoms with Gasteiger partial charge in [0.2, 0.25) is 17.1 Å². The number of rotatable bonds is 4. The zero-order valence-electron chi connectivity index (χ0n) is 18.4. The predicted molar refractivity (Wildman–Crippen MR) is 132 cm³/mol. The summed E-state index contributed by atoms with van der Waals surface area (Å²) in [4.78, 5) is 4.27. The number of benzene rings is 3. The van der Waals surface area contributed by atoms with Gasteiger partial charge in [-0.15, -0.1) is 0 Å². The van der Waals surface area contributed by atoms with Gasteiger partial charge in [-0.25, -0.2) is 0 Å². The first-order chi connectivity index (χ1) is 15.8. The van der Waals surface area contributed by atoms with Gasteiger partial charge in [-0.1, -0.05) is 66.7 Å². The fourth-order valence-corrected chi connectivity index (χ4v) is 4.64. The van der Waals surface area contributed by atoms with Gasteiger partial charge in [0.1, 0.15) is 0 Å². The lowest BCUT2D eigenvalue weighted by atomic mass is 9.89. The molecule has 2 heterocycles. The number of aromatic nitrogens is 2. The molecular weight excluding hydrogens is 388 g/mol. The fourth-order valence-electron chi connectivity index (χ4n) is 4.64. The van der Waals surface area contributed by atoms with Gasteiger partial charge in [-0.2, -0.15) is 4.57 Å². The summed E-state index contributed by atoms with van der Waals surface area (Å²) >= 11 is 0. The largest absolute Gasteiger partial charge is 0.264 e. The summed E-state index contributed by atoms with van der Waals surface area (Å²) in [5, 5.41) is 0. The van der Waals surface area contributed by atoms with E-state index in [2.05, 4.69) is 127 Å². The van der Waals surface area contributed by atoms with Crippen LogP contribution in [-0.4, -0.2) is 4.98 Å². The van der Waals surface area contributed by atoms with Crippen LogP contribution in [0.3, 0.4) is 0 Å². The van der Waals surface area contributed by atoms with E-state index >= 15 is 0 Å². The van der Waals surface area contributed by atoms with Gasteiger partial charge in [-0.3, -0.25) is 4.98 Å². The molecule has 2 aromatic heterocycles. The first-order valence-electron chi connectivity index (χ1n) is 10.9. The molecule has 0 aliphatic rings. The standard InChI is InChI=1S/C30H25N2/c1-22-28(24-12-6-3-7-13-24)23(2)30(26-16-10-5-11-17-26)32(27-18-20-31-21-19-27)29(22)25-14-8-4-9-15-25/h3-21H,1-2H3/q+1. The lowest BCUT2D eigenvalue weighted by molar-refractivity contribution is -0.572. The molecule has 0 bridgehead atoms. The van der Waals surface area contributed by atoms with Crippen molar-refractivity contribution in [3.05, 3.63) is 127 Å². The van der Waals surface area contributed by atoms with Crippen LogP contribution in [0.25, 0.3) is 39.3 Å². The van der Waals surface area contributed by atoms with E-state index in [4.69, 9.17) is 0 Å². The van der Waals surface area contributed by atoms with Gasteiger partial charge in [0, 0.05) is 52.3 Å². The van der Waals surface area contributed by atoms with E-state index in [0.29, 0.717) is 0 Å². The van der Waals surface area contributed by atoms with Crippen molar-refractivity contribution < 1.29 is 4.57 Å². The molecule has 5 aromatic rings. The second kappa shape index (κ2) is 8.60. The smallest absolute Gasteiger partial charge is 0.222 e. The Balaban J connectivity index is 1.99. The van der Waals surface area contributed by atoms with Crippen molar-refractivity contribution in [3.8, 4) is 39.3 Å². The minimum absolute atomic E-state index is 1.10. The van der Waals surface area contributed by atoms with Crippen LogP contribution in [0.5, 0.6) is 0 Å². The Hall–Kier alpha value is -4.04. The number of hydrogen-bond donors (Lipinski definition) is 0. The zero-order valence-corrected chi connectivity index (χ0v) is 18.4. The molecule has 5 rings (SSSR count). The molecule has 0 amide bonds. The molecule has 0 unspecified atom stereocenters. The molecule has 3 aromatic carbocycles. The topological polar surface area (TPSA) is 16.8 Å². The first-order valence-corrected chi connectivity index (χ1v) is 10.9. The number of nitrogens with zero attached hydrogens (tertiary/aromatic N) is 2. The average Bonchev–Trinajstić information content (AvgIpc) is 2.86. The van der Waals surface area contributed by atoms with Crippen LogP contribution in [0.1, 0.15) is 11.1 Å². The van der Waals surface area contributed by atoms with Crippen LogP contribution in [0.15, 0.2) is 116 Å². The molecule has 2 nitrogen and oxygen atoms in total. The van der Waals surface area contributed by atoms with E-state index < -0.39 is 0 Å². The van der Waals surface area contributed by atoms with Crippen molar-refractivity contribution in [2.24, 2.45) is 0 Å². The molecule has 0 aliphatic carbocycles. The molecule has 0 saturated heterocycles. The lowest BCUT2D eigenvalue weighted by Crippen LogP contribution is -2.38. The zero-order chi connectivity index (χ0) is 21.9. The Morgan fingerprint density at radius 3 is 1.34 bits per heavy atom. The van der Waals surface area contributed by atoms with Gasteiger partial charge >= 0.3 is 0 Å². The highest BCUT2D eigenvalue weighted by Gasteiger charge is 2.30. The Morgan fingerprint density at radius 1 is 0.500 bits per heavy atom. The van der Waals surface area contributed by atoms with Crippen LogP contribution >= 0.6 is 0 Å². The highest BCUT2D eigenvalue weighted by atomic mass is 15.0. The third kappa shape index (κ3) is 3.50. The molecule has 0 fully saturated rings. The minimum Gasteiger partial charge on any atom is -0.264 e. The highest BCUT2D eigenvalue weighted by molar-refractivity contribution is 5.82. The molecule has 0 radical (unpaired) electrons. The predicted octanol–water partition coefficient (Wildman–Crippen LogP) is 6.98. The molecule has 0 N–H and O–H groups in total. The molecule has 2 heteroatoms. The van der Waals surface area contributed by atoms with Gasteiger partial charge in [0.05, 0.1) is 0 Å². The molecule has 32 heavy (non-hydrogen) atoms. The summed E-state index contributed by atoms with van der Waals surface area (Å²) in [6.45, 7) is 4.48. The van der Waals surface area contributed by atoms with Crippen LogP contribution in [0.2, 0.25) is 0 Å². The van der Waals surface area contributed by atoms with Crippen molar-refractivity contribution in [3.63, 3.8) is 0 Å². The lowest BCUT2D eigenvalue weighted by Gasteiger charge is -2.19. The van der Waals surface area contributed by atoms with E-state index in [1.807, 2.05) is 12.4 Å². The molecule has 0 saturated carbocycles. The average molecular weight is 414 g/mol. The maximum atomic E-state index is 4.27. The van der Waals surface area contributed by atoms with Crippen LogP contribution in [-0.2, 0) is 0 Å². The van der Waals surface area contributed by atoms with Crippen molar-refractivity contribution in [1.29, 1.82) is 0 Å². The van der Waals surface area contributed by atoms with Crippen molar-refractivity contribution >= 4 is 0 Å². The van der Waals surface area contributed by atoms with E-state index in [1.165, 1.54) is 44.8 Å². The maximum Gasteiger partial charge on any atom is 0.222 e. The molecular formula is C30H25N2+. The quantitative estimate of drug-likeness (QED) is 0.291. The summed E-state index contributed by atoms with van der Waals surface area (Å²) in [6, 6.07) is 36.2. The fraction of sp³-hybridized carbons (Fsp3) is 0.0667. The van der Waals surface area contributed by atoms with Crippen molar-refractivity contribution in [1.82, 2.24) is 4.98 Å². The Labute approximate surface area is 189 Å². The third-order valence-corrected chi connectivity index (χ3v) is 5.99. The number of hydrogen-bond acceptors (Lipinski definition) is 1. The minimum atomic E-state index is 1.10. The Bertz CT molecular complexity index is 1280. The maximum absolute atomic E-state index is 4.27. The second-order valence-electron chi connectivity index (χ2n) is 7.96. The SMILES string of the molecule is Cc1c(-c2ccccc2)c(C)c(-c2ccccc2)[n+](-c2ccncc2)c1-c1ccccc1. The van der Waals surface area contributed by atoms with Gasteiger partial charge in [0.25, 0.3) is 0 Å². The van der Waals surface area contributed by atoms with Crippen LogP contribution < -0.4 is 4.57 Å². The van der Waals surface area contributed by atoms with Crippen LogP contribution in [0.4, 0.5) is 0 Å². The van der Waals surface area contributed by atoms with E-state index in [1.54, 1.807) is 0 Å². The van der Waals surface area contributed by atoms with E-state index in [9.17, 15) is 0 Å². The second-order valence-corrected chi connectivity index (χ2v) is 7.96. The van der Waals surface area contributed by atoms with Gasteiger partial charge in [0.15, 0.2) is 0 Å².